The van der Waals surface area contributed by atoms with Crippen molar-refractivity contribution in [3.63, 3.8) is 0 Å². The van der Waals surface area contributed by atoms with E-state index in [0.717, 1.165) is 23.6 Å². The predicted octanol–water partition coefficient (Wildman–Crippen LogP) is 3.87. The molecule has 0 fully saturated rings. The molecule has 0 saturated carbocycles. The van der Waals surface area contributed by atoms with Gasteiger partial charge in [-0.15, -0.1) is 0 Å². The highest BCUT2D eigenvalue weighted by Gasteiger charge is 2.12. The molecular weight excluding hydrogens is 280 g/mol. The lowest BCUT2D eigenvalue weighted by Crippen LogP contribution is -2.22. The van der Waals surface area contributed by atoms with Crippen LogP contribution in [-0.4, -0.2) is 31.3 Å². The Morgan fingerprint density at radius 2 is 2.05 bits per heavy atom. The maximum Gasteiger partial charge on any atom is 0.124 e. The lowest BCUT2D eigenvalue weighted by atomic mass is 10.1. The quantitative estimate of drug-likeness (QED) is 0.575. The van der Waals surface area contributed by atoms with Crippen LogP contribution in [0.25, 0.3) is 11.3 Å². The second-order valence-electron chi connectivity index (χ2n) is 6.33. The van der Waals surface area contributed by atoms with E-state index in [-0.39, 0.29) is 0 Å². The van der Waals surface area contributed by atoms with Gasteiger partial charge in [0.05, 0.1) is 25.3 Å². The van der Waals surface area contributed by atoms with Crippen molar-refractivity contribution in [2.45, 2.75) is 32.4 Å². The first kappa shape index (κ1) is 15.8. The van der Waals surface area contributed by atoms with Gasteiger partial charge in [-0.2, -0.15) is 0 Å². The Balaban J connectivity index is 2.01. The van der Waals surface area contributed by atoms with Gasteiger partial charge >= 0.3 is 0 Å². The van der Waals surface area contributed by atoms with Crippen LogP contribution in [0.1, 0.15) is 0 Å². The predicted molar refractivity (Wildman–Crippen MR) is 88.3 cm³/mol. The van der Waals surface area contributed by atoms with Gasteiger partial charge in [-0.3, -0.25) is 0 Å². The summed E-state index contributed by atoms with van der Waals surface area (Å²) in [6.07, 6.45) is 3.67. The molecule has 0 atom stereocenters. The van der Waals surface area contributed by atoms with Gasteiger partial charge in [-0.25, -0.2) is 4.98 Å². The Hall–Kier alpha value is -1.59. The summed E-state index contributed by atoms with van der Waals surface area (Å²) in [5, 5.41) is 0. The normalized spacial score (nSPS) is 11.6. The molecule has 0 saturated heterocycles. The number of hydrogen-bond donors (Lipinski definition) is 0. The fourth-order valence-electron chi connectivity index (χ4n) is 1.99. The molecule has 1 aromatic carbocycles. The van der Waals surface area contributed by atoms with E-state index in [4.69, 9.17) is 9.47 Å². The minimum absolute atomic E-state index is 0.539. The third-order valence-corrected chi connectivity index (χ3v) is 5.01. The van der Waals surface area contributed by atoms with E-state index in [2.05, 4.69) is 30.7 Å². The maximum atomic E-state index is 5.80. The van der Waals surface area contributed by atoms with Crippen LogP contribution in [0.5, 0.6) is 5.75 Å². The topological polar surface area (TPSA) is 36.3 Å². The molecule has 0 radical (unpaired) electrons. The Morgan fingerprint density at radius 3 is 2.76 bits per heavy atom. The highest BCUT2D eigenvalue weighted by molar-refractivity contribution is 6.76. The van der Waals surface area contributed by atoms with Gasteiger partial charge in [-0.1, -0.05) is 31.8 Å². The summed E-state index contributed by atoms with van der Waals surface area (Å²) in [5.41, 5.74) is 2.13. The van der Waals surface area contributed by atoms with Gasteiger partial charge in [0.2, 0.25) is 0 Å². The SMILES string of the molecule is COc1cccc(-c2cncn2COCC[Si](C)(C)C)c1. The molecule has 0 aliphatic rings. The third kappa shape index (κ3) is 4.72. The first-order chi connectivity index (χ1) is 9.99. The van der Waals surface area contributed by atoms with Crippen LogP contribution in [0.15, 0.2) is 36.8 Å². The van der Waals surface area contributed by atoms with Crippen molar-refractivity contribution in [1.29, 1.82) is 0 Å². The second kappa shape index (κ2) is 6.91. The first-order valence-electron chi connectivity index (χ1n) is 7.22. The molecule has 5 heteroatoms. The number of imidazole rings is 1. The molecule has 0 aliphatic carbocycles. The van der Waals surface area contributed by atoms with Crippen molar-refractivity contribution >= 4 is 8.07 Å². The van der Waals surface area contributed by atoms with Gasteiger partial charge in [0, 0.05) is 20.2 Å². The molecular formula is C16H24N2O2Si. The van der Waals surface area contributed by atoms with Crippen LogP contribution < -0.4 is 4.74 Å². The number of nitrogens with zero attached hydrogens (tertiary/aromatic N) is 2. The summed E-state index contributed by atoms with van der Waals surface area (Å²) in [6.45, 7) is 8.42. The number of rotatable bonds is 7. The van der Waals surface area contributed by atoms with Crippen LogP contribution in [0.2, 0.25) is 25.7 Å². The minimum Gasteiger partial charge on any atom is -0.497 e. The van der Waals surface area contributed by atoms with Crippen molar-refractivity contribution < 1.29 is 9.47 Å². The van der Waals surface area contributed by atoms with Crippen LogP contribution in [-0.2, 0) is 11.5 Å². The van der Waals surface area contributed by atoms with Crippen molar-refractivity contribution in [2.24, 2.45) is 0 Å². The van der Waals surface area contributed by atoms with Gasteiger partial charge in [0.25, 0.3) is 0 Å². The summed E-state index contributed by atoms with van der Waals surface area (Å²) in [4.78, 5) is 4.23. The molecule has 114 valence electrons. The molecule has 0 amide bonds. The van der Waals surface area contributed by atoms with Crippen LogP contribution in [0.3, 0.4) is 0 Å². The molecule has 21 heavy (non-hydrogen) atoms. The minimum atomic E-state index is -1.04. The average molecular weight is 304 g/mol. The van der Waals surface area contributed by atoms with E-state index in [1.54, 1.807) is 7.11 Å². The zero-order valence-corrected chi connectivity index (χ0v) is 14.3. The van der Waals surface area contributed by atoms with Gasteiger partial charge in [0.1, 0.15) is 12.5 Å². The molecule has 2 rings (SSSR count). The van der Waals surface area contributed by atoms with Crippen LogP contribution in [0.4, 0.5) is 0 Å². The number of hydrogen-bond acceptors (Lipinski definition) is 3. The summed E-state index contributed by atoms with van der Waals surface area (Å²) in [6, 6.07) is 9.16. The Bertz CT molecular complexity index is 576. The fraction of sp³-hybridized carbons (Fsp3) is 0.438. The Kier molecular flexibility index (Phi) is 5.20. The fourth-order valence-corrected chi connectivity index (χ4v) is 2.74. The summed E-state index contributed by atoms with van der Waals surface area (Å²) < 4.78 is 13.1. The highest BCUT2D eigenvalue weighted by Crippen LogP contribution is 2.23. The summed E-state index contributed by atoms with van der Waals surface area (Å²) in [5.74, 6) is 0.847. The standard InChI is InChI=1S/C16H24N2O2Si/c1-19-15-7-5-6-14(10-15)16-11-17-12-18(16)13-20-8-9-21(2,3)4/h5-7,10-12H,8-9,13H2,1-4H3. The van der Waals surface area contributed by atoms with Crippen LogP contribution in [0, 0.1) is 0 Å². The molecule has 2 aromatic rings. The van der Waals surface area contributed by atoms with Gasteiger partial charge < -0.3 is 14.0 Å². The third-order valence-electron chi connectivity index (χ3n) is 3.30. The van der Waals surface area contributed by atoms with Gasteiger partial charge in [0.15, 0.2) is 0 Å². The molecule has 1 aromatic heterocycles. The zero-order valence-electron chi connectivity index (χ0n) is 13.3. The monoisotopic (exact) mass is 304 g/mol. The second-order valence-corrected chi connectivity index (χ2v) is 11.9. The lowest BCUT2D eigenvalue weighted by molar-refractivity contribution is 0.0882. The average Bonchev–Trinajstić information content (AvgIpc) is 2.91. The van der Waals surface area contributed by atoms with E-state index >= 15 is 0 Å². The number of aromatic nitrogens is 2. The first-order valence-corrected chi connectivity index (χ1v) is 10.9. The van der Waals surface area contributed by atoms with Gasteiger partial charge in [-0.05, 0) is 18.2 Å². The molecule has 1 heterocycles. The molecule has 0 bridgehead atoms. The van der Waals surface area contributed by atoms with E-state index in [9.17, 15) is 0 Å². The molecule has 4 nitrogen and oxygen atoms in total. The summed E-state index contributed by atoms with van der Waals surface area (Å²) in [7, 11) is 0.641. The molecule has 0 aliphatic heterocycles. The number of methoxy groups -OCH3 is 1. The number of benzene rings is 1. The molecule has 0 spiro atoms. The molecule has 0 unspecified atom stereocenters. The van der Waals surface area contributed by atoms with E-state index < -0.39 is 8.07 Å². The zero-order chi connectivity index (χ0) is 15.3. The van der Waals surface area contributed by atoms with E-state index in [1.165, 1.54) is 6.04 Å². The molecule has 0 N–H and O–H groups in total. The van der Waals surface area contributed by atoms with Crippen molar-refractivity contribution in [2.75, 3.05) is 13.7 Å². The maximum absolute atomic E-state index is 5.80. The highest BCUT2D eigenvalue weighted by atomic mass is 28.3. The van der Waals surface area contributed by atoms with E-state index in [0.29, 0.717) is 6.73 Å². The Labute approximate surface area is 127 Å². The lowest BCUT2D eigenvalue weighted by Gasteiger charge is -2.16. The van der Waals surface area contributed by atoms with Crippen molar-refractivity contribution in [1.82, 2.24) is 9.55 Å². The van der Waals surface area contributed by atoms with Crippen LogP contribution >= 0.6 is 0 Å². The largest absolute Gasteiger partial charge is 0.497 e. The smallest absolute Gasteiger partial charge is 0.124 e. The number of ether oxygens (including phenoxy) is 2. The van der Waals surface area contributed by atoms with Crippen molar-refractivity contribution in [3.8, 4) is 17.0 Å². The summed E-state index contributed by atoms with van der Waals surface area (Å²) >= 11 is 0. The van der Waals surface area contributed by atoms with Crippen molar-refractivity contribution in [3.05, 3.63) is 36.8 Å². The Morgan fingerprint density at radius 1 is 1.24 bits per heavy atom. The van der Waals surface area contributed by atoms with E-state index in [1.807, 2.05) is 35.3 Å².